The number of benzene rings is 1. The molecule has 0 aliphatic rings. The van der Waals surface area contributed by atoms with Crippen LogP contribution in [0.3, 0.4) is 0 Å². The van der Waals surface area contributed by atoms with Crippen molar-refractivity contribution in [1.82, 2.24) is 9.55 Å². The van der Waals surface area contributed by atoms with Gasteiger partial charge in [0, 0.05) is 6.54 Å². The number of hydrogen-bond acceptors (Lipinski definition) is 5. The second-order valence-electron chi connectivity index (χ2n) is 4.49. The average molecular weight is 296 g/mol. The molecular weight excluding hydrogens is 284 g/mol. The van der Waals surface area contributed by atoms with Crippen molar-refractivity contribution >= 4 is 29.1 Å². The van der Waals surface area contributed by atoms with Gasteiger partial charge in [0.05, 0.1) is 23.3 Å². The number of aliphatic imine (C=N–C) groups is 1. The van der Waals surface area contributed by atoms with E-state index < -0.39 is 4.92 Å². The van der Waals surface area contributed by atoms with Crippen LogP contribution in [0.4, 0.5) is 11.8 Å². The van der Waals surface area contributed by atoms with Crippen LogP contribution < -0.4 is 0 Å². The van der Waals surface area contributed by atoms with E-state index in [1.165, 1.54) is 18.3 Å². The van der Waals surface area contributed by atoms with Crippen LogP contribution in [-0.2, 0) is 6.54 Å². The molecule has 0 bridgehead atoms. The SMILES string of the molecule is C=CCn1c(N=Cc2ccc([N+](=O)[O-])o2)nc2ccccc21. The number of fused-ring (bicyclic) bond motifs is 1. The molecule has 22 heavy (non-hydrogen) atoms. The minimum atomic E-state index is -0.593. The lowest BCUT2D eigenvalue weighted by Crippen LogP contribution is -1.94. The van der Waals surface area contributed by atoms with E-state index in [1.54, 1.807) is 6.08 Å². The Hall–Kier alpha value is -3.22. The first-order chi connectivity index (χ1) is 10.7. The van der Waals surface area contributed by atoms with Crippen LogP contribution >= 0.6 is 0 Å². The van der Waals surface area contributed by atoms with Gasteiger partial charge in [-0.3, -0.25) is 10.1 Å². The maximum absolute atomic E-state index is 10.6. The van der Waals surface area contributed by atoms with Crippen LogP contribution in [0.5, 0.6) is 0 Å². The third-order valence-corrected chi connectivity index (χ3v) is 3.05. The molecule has 2 heterocycles. The molecule has 0 aliphatic heterocycles. The largest absolute Gasteiger partial charge is 0.433 e. The summed E-state index contributed by atoms with van der Waals surface area (Å²) in [6.07, 6.45) is 3.17. The molecule has 0 fully saturated rings. The summed E-state index contributed by atoms with van der Waals surface area (Å²) in [5.41, 5.74) is 1.77. The van der Waals surface area contributed by atoms with Crippen LogP contribution in [0.25, 0.3) is 11.0 Å². The van der Waals surface area contributed by atoms with Crippen molar-refractivity contribution in [2.75, 3.05) is 0 Å². The zero-order valence-corrected chi connectivity index (χ0v) is 11.5. The molecule has 0 spiro atoms. The highest BCUT2D eigenvalue weighted by Gasteiger charge is 2.11. The van der Waals surface area contributed by atoms with Crippen molar-refractivity contribution in [1.29, 1.82) is 0 Å². The molecular formula is C15H12N4O3. The van der Waals surface area contributed by atoms with E-state index >= 15 is 0 Å². The van der Waals surface area contributed by atoms with E-state index in [1.807, 2.05) is 28.8 Å². The third kappa shape index (κ3) is 2.51. The molecule has 0 unspecified atom stereocenters. The minimum absolute atomic E-state index is 0.295. The standard InChI is InChI=1S/C15H12N4O3/c1-2-9-18-13-6-4-3-5-12(13)17-15(18)16-10-11-7-8-14(22-11)19(20)21/h2-8,10H,1,9H2. The Bertz CT molecular complexity index is 876. The first-order valence-electron chi connectivity index (χ1n) is 6.53. The first-order valence-corrected chi connectivity index (χ1v) is 6.53. The predicted octanol–water partition coefficient (Wildman–Crippen LogP) is 3.47. The van der Waals surface area contributed by atoms with Crippen molar-refractivity contribution in [2.24, 2.45) is 4.99 Å². The Morgan fingerprint density at radius 2 is 2.18 bits per heavy atom. The van der Waals surface area contributed by atoms with Gasteiger partial charge in [-0.25, -0.2) is 9.98 Å². The van der Waals surface area contributed by atoms with Gasteiger partial charge in [-0.15, -0.1) is 6.58 Å². The second kappa shape index (κ2) is 5.65. The number of nitrogens with zero attached hydrogens (tertiary/aromatic N) is 4. The van der Waals surface area contributed by atoms with E-state index in [0.717, 1.165) is 11.0 Å². The summed E-state index contributed by atoms with van der Waals surface area (Å²) in [6, 6.07) is 10.4. The number of furan rings is 1. The van der Waals surface area contributed by atoms with Crippen LogP contribution in [0.15, 0.2) is 58.5 Å². The number of aromatic nitrogens is 2. The fraction of sp³-hybridized carbons (Fsp3) is 0.0667. The van der Waals surface area contributed by atoms with E-state index in [9.17, 15) is 10.1 Å². The zero-order chi connectivity index (χ0) is 15.5. The second-order valence-corrected chi connectivity index (χ2v) is 4.49. The summed E-state index contributed by atoms with van der Waals surface area (Å²) < 4.78 is 6.93. The van der Waals surface area contributed by atoms with E-state index in [2.05, 4.69) is 16.6 Å². The number of rotatable bonds is 5. The minimum Gasteiger partial charge on any atom is -0.400 e. The molecule has 7 heteroatoms. The smallest absolute Gasteiger partial charge is 0.400 e. The van der Waals surface area contributed by atoms with Crippen molar-refractivity contribution < 1.29 is 9.34 Å². The van der Waals surface area contributed by atoms with Crippen LogP contribution in [0.1, 0.15) is 5.76 Å². The molecule has 0 atom stereocenters. The third-order valence-electron chi connectivity index (χ3n) is 3.05. The molecule has 7 nitrogen and oxygen atoms in total. The molecule has 0 saturated heterocycles. The molecule has 0 aliphatic carbocycles. The number of para-hydroxylation sites is 2. The molecule has 110 valence electrons. The molecule has 3 rings (SSSR count). The Morgan fingerprint density at radius 3 is 2.91 bits per heavy atom. The summed E-state index contributed by atoms with van der Waals surface area (Å²) in [6.45, 7) is 4.29. The molecule has 0 amide bonds. The summed E-state index contributed by atoms with van der Waals surface area (Å²) in [5.74, 6) is 0.463. The maximum Gasteiger partial charge on any atom is 0.433 e. The molecule has 0 radical (unpaired) electrons. The van der Waals surface area contributed by atoms with Gasteiger partial charge in [-0.05, 0) is 18.2 Å². The molecule has 0 saturated carbocycles. The van der Waals surface area contributed by atoms with Crippen LogP contribution in [0, 0.1) is 10.1 Å². The highest BCUT2D eigenvalue weighted by molar-refractivity contribution is 5.82. The lowest BCUT2D eigenvalue weighted by Gasteiger charge is -2.01. The van der Waals surface area contributed by atoms with E-state index in [-0.39, 0.29) is 5.88 Å². The number of nitro groups is 1. The van der Waals surface area contributed by atoms with Crippen LogP contribution in [0.2, 0.25) is 0 Å². The molecule has 0 N–H and O–H groups in total. The van der Waals surface area contributed by atoms with Gasteiger partial charge < -0.3 is 8.98 Å². The summed E-state index contributed by atoms with van der Waals surface area (Å²) in [4.78, 5) is 18.7. The van der Waals surface area contributed by atoms with E-state index in [4.69, 9.17) is 4.42 Å². The van der Waals surface area contributed by atoms with Gasteiger partial charge in [-0.1, -0.05) is 18.2 Å². The van der Waals surface area contributed by atoms with Crippen molar-refractivity contribution in [3.8, 4) is 0 Å². The first kappa shape index (κ1) is 13.7. The fourth-order valence-electron chi connectivity index (χ4n) is 2.10. The normalized spacial score (nSPS) is 11.3. The molecule has 1 aromatic carbocycles. The monoisotopic (exact) mass is 296 g/mol. The van der Waals surface area contributed by atoms with E-state index in [0.29, 0.717) is 18.3 Å². The highest BCUT2D eigenvalue weighted by Crippen LogP contribution is 2.22. The fourth-order valence-corrected chi connectivity index (χ4v) is 2.10. The lowest BCUT2D eigenvalue weighted by atomic mass is 10.3. The molecule has 2 aromatic heterocycles. The van der Waals surface area contributed by atoms with Gasteiger partial charge in [-0.2, -0.15) is 0 Å². The summed E-state index contributed by atoms with van der Waals surface area (Å²) in [7, 11) is 0. The highest BCUT2D eigenvalue weighted by atomic mass is 16.6. The average Bonchev–Trinajstić information content (AvgIpc) is 3.11. The number of imidazole rings is 1. The van der Waals surface area contributed by atoms with Crippen LogP contribution in [-0.4, -0.2) is 20.7 Å². The van der Waals surface area contributed by atoms with Crippen molar-refractivity contribution in [3.05, 3.63) is 64.9 Å². The summed E-state index contributed by atoms with van der Waals surface area (Å²) >= 11 is 0. The van der Waals surface area contributed by atoms with Gasteiger partial charge >= 0.3 is 5.88 Å². The Kier molecular flexibility index (Phi) is 3.53. The maximum atomic E-state index is 10.6. The van der Waals surface area contributed by atoms with Crippen molar-refractivity contribution in [3.63, 3.8) is 0 Å². The Labute approximate surface area is 125 Å². The summed E-state index contributed by atoms with van der Waals surface area (Å²) in [5, 5.41) is 10.6. The predicted molar refractivity (Wildman–Crippen MR) is 82.5 cm³/mol. The Balaban J connectivity index is 1.98. The van der Waals surface area contributed by atoms with Gasteiger partial charge in [0.1, 0.15) is 4.92 Å². The number of allylic oxidation sites excluding steroid dienone is 1. The number of hydrogen-bond donors (Lipinski definition) is 0. The quantitative estimate of drug-likeness (QED) is 0.312. The Morgan fingerprint density at radius 1 is 1.36 bits per heavy atom. The zero-order valence-electron chi connectivity index (χ0n) is 11.5. The van der Waals surface area contributed by atoms with Crippen molar-refractivity contribution in [2.45, 2.75) is 6.54 Å². The molecule has 3 aromatic rings. The van der Waals surface area contributed by atoms with Gasteiger partial charge in [0.25, 0.3) is 0 Å². The van der Waals surface area contributed by atoms with Gasteiger partial charge in [0.2, 0.25) is 5.95 Å². The topological polar surface area (TPSA) is 86.5 Å². The lowest BCUT2D eigenvalue weighted by molar-refractivity contribution is -0.402. The van der Waals surface area contributed by atoms with Gasteiger partial charge in [0.15, 0.2) is 5.76 Å².